The standard InChI is InChI=1S/C12H13Cl2NO3S/c1-15(11(16)6-19-7-12(17)18)5-8-2-3-9(13)4-10(8)14/h2-4H,5-7H2,1H3,(H,17,18). The third-order valence-electron chi connectivity index (χ3n) is 2.30. The van der Waals surface area contributed by atoms with Gasteiger partial charge >= 0.3 is 5.97 Å². The highest BCUT2D eigenvalue weighted by atomic mass is 35.5. The minimum atomic E-state index is -0.929. The fraction of sp³-hybridized carbons (Fsp3) is 0.333. The van der Waals surface area contributed by atoms with E-state index in [9.17, 15) is 9.59 Å². The highest BCUT2D eigenvalue weighted by Gasteiger charge is 2.12. The van der Waals surface area contributed by atoms with Crippen LogP contribution in [0.25, 0.3) is 0 Å². The maximum Gasteiger partial charge on any atom is 0.313 e. The number of halogens is 2. The van der Waals surface area contributed by atoms with Gasteiger partial charge in [-0.3, -0.25) is 9.59 Å². The smallest absolute Gasteiger partial charge is 0.313 e. The molecule has 1 N–H and O–H groups in total. The molecule has 1 aromatic carbocycles. The molecule has 0 bridgehead atoms. The van der Waals surface area contributed by atoms with Crippen LogP contribution in [0.5, 0.6) is 0 Å². The number of carboxylic acids is 1. The van der Waals surface area contributed by atoms with Crippen molar-refractivity contribution in [2.24, 2.45) is 0 Å². The van der Waals surface area contributed by atoms with Gasteiger partial charge in [-0.05, 0) is 17.7 Å². The van der Waals surface area contributed by atoms with Crippen LogP contribution in [0.4, 0.5) is 0 Å². The molecule has 1 amide bonds. The summed E-state index contributed by atoms with van der Waals surface area (Å²) in [6, 6.07) is 5.09. The second kappa shape index (κ2) is 7.62. The van der Waals surface area contributed by atoms with Gasteiger partial charge in [-0.2, -0.15) is 0 Å². The monoisotopic (exact) mass is 321 g/mol. The minimum absolute atomic E-state index is 0.0821. The van der Waals surface area contributed by atoms with E-state index in [-0.39, 0.29) is 17.4 Å². The molecular weight excluding hydrogens is 309 g/mol. The zero-order valence-corrected chi connectivity index (χ0v) is 12.6. The summed E-state index contributed by atoms with van der Waals surface area (Å²) in [5, 5.41) is 9.53. The lowest BCUT2D eigenvalue weighted by atomic mass is 10.2. The molecule has 0 spiro atoms. The largest absolute Gasteiger partial charge is 0.481 e. The fourth-order valence-corrected chi connectivity index (χ4v) is 2.47. The molecule has 0 aliphatic rings. The summed E-state index contributed by atoms with van der Waals surface area (Å²) < 4.78 is 0. The maximum atomic E-state index is 11.8. The van der Waals surface area contributed by atoms with Gasteiger partial charge in [0.05, 0.1) is 11.5 Å². The molecule has 1 aromatic rings. The first-order valence-corrected chi connectivity index (χ1v) is 7.28. The molecule has 0 heterocycles. The van der Waals surface area contributed by atoms with Gasteiger partial charge in [0.1, 0.15) is 0 Å². The summed E-state index contributed by atoms with van der Waals surface area (Å²) in [5.41, 5.74) is 0.796. The number of rotatable bonds is 6. The second-order valence-electron chi connectivity index (χ2n) is 3.87. The molecule has 19 heavy (non-hydrogen) atoms. The van der Waals surface area contributed by atoms with Crippen molar-refractivity contribution in [1.82, 2.24) is 4.90 Å². The van der Waals surface area contributed by atoms with Gasteiger partial charge in [0.15, 0.2) is 0 Å². The van der Waals surface area contributed by atoms with E-state index in [1.165, 1.54) is 4.90 Å². The SMILES string of the molecule is CN(Cc1ccc(Cl)cc1Cl)C(=O)CSCC(=O)O. The van der Waals surface area contributed by atoms with Crippen molar-refractivity contribution >= 4 is 46.8 Å². The van der Waals surface area contributed by atoms with Crippen LogP contribution < -0.4 is 0 Å². The number of aliphatic carboxylic acids is 1. The Morgan fingerprint density at radius 3 is 2.58 bits per heavy atom. The summed E-state index contributed by atoms with van der Waals surface area (Å²) in [7, 11) is 1.65. The van der Waals surface area contributed by atoms with Crippen LogP contribution in [-0.2, 0) is 16.1 Å². The predicted molar refractivity (Wildman–Crippen MR) is 77.9 cm³/mol. The number of nitrogens with zero attached hydrogens (tertiary/aromatic N) is 1. The Balaban J connectivity index is 2.51. The van der Waals surface area contributed by atoms with E-state index in [4.69, 9.17) is 28.3 Å². The van der Waals surface area contributed by atoms with Gasteiger partial charge in [-0.15, -0.1) is 11.8 Å². The normalized spacial score (nSPS) is 10.3. The van der Waals surface area contributed by atoms with E-state index in [0.29, 0.717) is 16.6 Å². The van der Waals surface area contributed by atoms with E-state index in [2.05, 4.69) is 0 Å². The van der Waals surface area contributed by atoms with Crippen LogP contribution in [0.2, 0.25) is 10.0 Å². The first-order chi connectivity index (χ1) is 8.90. The Hall–Kier alpha value is -0.910. The lowest BCUT2D eigenvalue weighted by Gasteiger charge is -2.17. The zero-order chi connectivity index (χ0) is 14.4. The molecule has 0 saturated heterocycles. The van der Waals surface area contributed by atoms with Crippen molar-refractivity contribution in [2.45, 2.75) is 6.54 Å². The Morgan fingerprint density at radius 1 is 1.32 bits per heavy atom. The van der Waals surface area contributed by atoms with Gasteiger partial charge in [0, 0.05) is 23.6 Å². The summed E-state index contributed by atoms with van der Waals surface area (Å²) in [4.78, 5) is 23.6. The first kappa shape index (κ1) is 16.1. The van der Waals surface area contributed by atoms with Gasteiger partial charge in [-0.25, -0.2) is 0 Å². The van der Waals surface area contributed by atoms with Crippen LogP contribution >= 0.6 is 35.0 Å². The van der Waals surface area contributed by atoms with E-state index in [0.717, 1.165) is 17.3 Å². The number of amides is 1. The van der Waals surface area contributed by atoms with Crippen LogP contribution in [0.15, 0.2) is 18.2 Å². The van der Waals surface area contributed by atoms with E-state index >= 15 is 0 Å². The minimum Gasteiger partial charge on any atom is -0.481 e. The molecular formula is C12H13Cl2NO3S. The molecule has 0 radical (unpaired) electrons. The average molecular weight is 322 g/mol. The number of thioether (sulfide) groups is 1. The lowest BCUT2D eigenvalue weighted by Crippen LogP contribution is -2.28. The second-order valence-corrected chi connectivity index (χ2v) is 5.70. The van der Waals surface area contributed by atoms with Crippen molar-refractivity contribution < 1.29 is 14.7 Å². The highest BCUT2D eigenvalue weighted by molar-refractivity contribution is 8.00. The topological polar surface area (TPSA) is 57.6 Å². The van der Waals surface area contributed by atoms with Gasteiger partial charge in [0.2, 0.25) is 5.91 Å². The summed E-state index contributed by atoms with van der Waals surface area (Å²) in [6.07, 6.45) is 0. The third-order valence-corrected chi connectivity index (χ3v) is 3.79. The number of hydrogen-bond donors (Lipinski definition) is 1. The Bertz CT molecular complexity index is 482. The number of benzene rings is 1. The molecule has 0 aliphatic heterocycles. The quantitative estimate of drug-likeness (QED) is 0.875. The molecule has 1 rings (SSSR count). The van der Waals surface area contributed by atoms with Crippen molar-refractivity contribution in [2.75, 3.05) is 18.6 Å². The zero-order valence-electron chi connectivity index (χ0n) is 10.2. The Kier molecular flexibility index (Phi) is 6.48. The molecule has 0 atom stereocenters. The molecule has 0 fully saturated rings. The Labute approximate surface area is 125 Å². The predicted octanol–water partition coefficient (Wildman–Crippen LogP) is 2.77. The van der Waals surface area contributed by atoms with Crippen LogP contribution in [0.3, 0.4) is 0 Å². The van der Waals surface area contributed by atoms with Gasteiger partial charge in [0.25, 0.3) is 0 Å². The summed E-state index contributed by atoms with van der Waals surface area (Å²) >= 11 is 12.9. The van der Waals surface area contributed by atoms with Crippen molar-refractivity contribution in [3.8, 4) is 0 Å². The number of carbonyl (C=O) groups excluding carboxylic acids is 1. The van der Waals surface area contributed by atoms with Crippen molar-refractivity contribution in [3.05, 3.63) is 33.8 Å². The maximum absolute atomic E-state index is 11.8. The van der Waals surface area contributed by atoms with Crippen molar-refractivity contribution in [1.29, 1.82) is 0 Å². The van der Waals surface area contributed by atoms with Crippen LogP contribution in [0, 0.1) is 0 Å². The number of carbonyl (C=O) groups is 2. The third kappa shape index (κ3) is 5.72. The fourth-order valence-electron chi connectivity index (χ4n) is 1.33. The number of hydrogen-bond acceptors (Lipinski definition) is 3. The molecule has 104 valence electrons. The highest BCUT2D eigenvalue weighted by Crippen LogP contribution is 2.22. The number of carboxylic acid groups (broad SMARTS) is 1. The average Bonchev–Trinajstić information content (AvgIpc) is 2.32. The molecule has 4 nitrogen and oxygen atoms in total. The lowest BCUT2D eigenvalue weighted by molar-refractivity contribution is -0.133. The molecule has 7 heteroatoms. The molecule has 0 aliphatic carbocycles. The van der Waals surface area contributed by atoms with E-state index in [1.807, 2.05) is 0 Å². The van der Waals surface area contributed by atoms with Crippen LogP contribution in [0.1, 0.15) is 5.56 Å². The molecule has 0 aromatic heterocycles. The van der Waals surface area contributed by atoms with Crippen molar-refractivity contribution in [3.63, 3.8) is 0 Å². The molecule has 0 unspecified atom stereocenters. The first-order valence-electron chi connectivity index (χ1n) is 5.37. The van der Waals surface area contributed by atoms with E-state index < -0.39 is 5.97 Å². The van der Waals surface area contributed by atoms with E-state index in [1.54, 1.807) is 25.2 Å². The summed E-state index contributed by atoms with van der Waals surface area (Å²) in [5.74, 6) is -1.02. The van der Waals surface area contributed by atoms with Crippen LogP contribution in [-0.4, -0.2) is 40.4 Å². The summed E-state index contributed by atoms with van der Waals surface area (Å²) in [6.45, 7) is 0.364. The Morgan fingerprint density at radius 2 is 2.00 bits per heavy atom. The van der Waals surface area contributed by atoms with Gasteiger partial charge in [-0.1, -0.05) is 29.3 Å². The van der Waals surface area contributed by atoms with Gasteiger partial charge < -0.3 is 10.0 Å². The molecule has 0 saturated carbocycles.